The second-order valence-electron chi connectivity index (χ2n) is 4.63. The Bertz CT molecular complexity index is 351. The van der Waals surface area contributed by atoms with Crippen LogP contribution in [0.3, 0.4) is 0 Å². The molecule has 2 unspecified atom stereocenters. The Morgan fingerprint density at radius 3 is 2.72 bits per heavy atom. The monoisotopic (exact) mass is 254 g/mol. The maximum Gasteiger partial charge on any atom is 0.0655 e. The van der Waals surface area contributed by atoms with E-state index in [2.05, 4.69) is 37.4 Å². The fourth-order valence-electron chi connectivity index (χ4n) is 2.17. The average Bonchev–Trinajstić information content (AvgIpc) is 2.80. The summed E-state index contributed by atoms with van der Waals surface area (Å²) in [4.78, 5) is 0. The topological polar surface area (TPSA) is 65.1 Å². The largest absolute Gasteiger partial charge is 0.385 e. The van der Waals surface area contributed by atoms with Crippen LogP contribution in [-0.4, -0.2) is 23.5 Å². The fourth-order valence-corrected chi connectivity index (χ4v) is 2.17. The molecule has 0 bridgehead atoms. The third-order valence-corrected chi connectivity index (χ3v) is 3.37. The van der Waals surface area contributed by atoms with E-state index in [0.29, 0.717) is 5.92 Å². The van der Waals surface area contributed by atoms with Crippen molar-refractivity contribution in [2.24, 2.45) is 11.8 Å². The molecule has 18 heavy (non-hydrogen) atoms. The van der Waals surface area contributed by atoms with Gasteiger partial charge in [-0.2, -0.15) is 5.10 Å². The maximum atomic E-state index is 5.72. The lowest BCUT2D eigenvalue weighted by molar-refractivity contribution is 0.169. The summed E-state index contributed by atoms with van der Waals surface area (Å²) in [6, 6.07) is 2.27. The Hall–Kier alpha value is -0.910. The molecule has 1 rings (SSSR count). The SMILES string of the molecule is CCc1cc(C(NN)C(C)CCOC)n(CC)n1. The van der Waals surface area contributed by atoms with E-state index < -0.39 is 0 Å². The van der Waals surface area contributed by atoms with E-state index >= 15 is 0 Å². The lowest BCUT2D eigenvalue weighted by atomic mass is 9.96. The number of nitrogens with one attached hydrogen (secondary N) is 1. The molecular formula is C13H26N4O. The first-order valence-corrected chi connectivity index (χ1v) is 6.69. The fraction of sp³-hybridized carbons (Fsp3) is 0.769. The number of hydrogen-bond donors (Lipinski definition) is 2. The van der Waals surface area contributed by atoms with Crippen molar-refractivity contribution in [3.8, 4) is 0 Å². The highest BCUT2D eigenvalue weighted by Crippen LogP contribution is 2.24. The van der Waals surface area contributed by atoms with Crippen LogP contribution in [-0.2, 0) is 17.7 Å². The molecule has 0 amide bonds. The number of hydrazine groups is 1. The third kappa shape index (κ3) is 3.54. The predicted octanol–water partition coefficient (Wildman–Crippen LogP) is 1.64. The Balaban J connectivity index is 2.89. The van der Waals surface area contributed by atoms with E-state index in [9.17, 15) is 0 Å². The molecular weight excluding hydrogens is 228 g/mol. The first-order valence-electron chi connectivity index (χ1n) is 6.69. The summed E-state index contributed by atoms with van der Waals surface area (Å²) in [5, 5.41) is 4.57. The van der Waals surface area contributed by atoms with Crippen LogP contribution in [0.25, 0.3) is 0 Å². The summed E-state index contributed by atoms with van der Waals surface area (Å²) >= 11 is 0. The van der Waals surface area contributed by atoms with Crippen molar-refractivity contribution >= 4 is 0 Å². The highest BCUT2D eigenvalue weighted by atomic mass is 16.5. The van der Waals surface area contributed by atoms with E-state index in [1.165, 1.54) is 5.69 Å². The molecule has 2 atom stereocenters. The molecule has 3 N–H and O–H groups in total. The lowest BCUT2D eigenvalue weighted by Gasteiger charge is -2.23. The van der Waals surface area contributed by atoms with E-state index in [0.717, 1.165) is 31.7 Å². The van der Waals surface area contributed by atoms with Gasteiger partial charge >= 0.3 is 0 Å². The Labute approximate surface area is 110 Å². The molecule has 0 spiro atoms. The molecule has 0 saturated carbocycles. The van der Waals surface area contributed by atoms with E-state index in [1.54, 1.807) is 7.11 Å². The summed E-state index contributed by atoms with van der Waals surface area (Å²) in [7, 11) is 1.73. The van der Waals surface area contributed by atoms with Crippen LogP contribution in [0, 0.1) is 5.92 Å². The number of rotatable bonds is 8. The number of methoxy groups -OCH3 is 1. The Morgan fingerprint density at radius 2 is 2.22 bits per heavy atom. The zero-order valence-electron chi connectivity index (χ0n) is 11.9. The van der Waals surface area contributed by atoms with Crippen molar-refractivity contribution in [1.82, 2.24) is 15.2 Å². The van der Waals surface area contributed by atoms with Crippen LogP contribution in [0.2, 0.25) is 0 Å². The summed E-state index contributed by atoms with van der Waals surface area (Å²) in [6.07, 6.45) is 1.92. The minimum atomic E-state index is 0.118. The van der Waals surface area contributed by atoms with Gasteiger partial charge in [-0.05, 0) is 31.7 Å². The van der Waals surface area contributed by atoms with Crippen LogP contribution >= 0.6 is 0 Å². The van der Waals surface area contributed by atoms with Crippen molar-refractivity contribution < 1.29 is 4.74 Å². The molecule has 1 heterocycles. The zero-order valence-corrected chi connectivity index (χ0v) is 11.9. The van der Waals surface area contributed by atoms with Crippen molar-refractivity contribution in [3.05, 3.63) is 17.5 Å². The van der Waals surface area contributed by atoms with Crippen molar-refractivity contribution in [2.45, 2.75) is 46.2 Å². The number of aryl methyl sites for hydroxylation is 2. The van der Waals surface area contributed by atoms with Crippen LogP contribution in [0.15, 0.2) is 6.07 Å². The highest BCUT2D eigenvalue weighted by Gasteiger charge is 2.22. The molecule has 5 heteroatoms. The van der Waals surface area contributed by atoms with E-state index in [1.807, 2.05) is 4.68 Å². The van der Waals surface area contributed by atoms with Crippen LogP contribution in [0.5, 0.6) is 0 Å². The van der Waals surface area contributed by atoms with Crippen LogP contribution in [0.4, 0.5) is 0 Å². The molecule has 1 aromatic heterocycles. The number of nitrogens with zero attached hydrogens (tertiary/aromatic N) is 2. The molecule has 104 valence electrons. The smallest absolute Gasteiger partial charge is 0.0655 e. The number of nitrogens with two attached hydrogens (primary N) is 1. The van der Waals surface area contributed by atoms with Gasteiger partial charge in [0.1, 0.15) is 0 Å². The summed E-state index contributed by atoms with van der Waals surface area (Å²) in [6.45, 7) is 8.02. The molecule has 1 aromatic rings. The van der Waals surface area contributed by atoms with Gasteiger partial charge in [-0.1, -0.05) is 13.8 Å². The summed E-state index contributed by atoms with van der Waals surface area (Å²) < 4.78 is 7.17. The molecule has 0 aliphatic carbocycles. The predicted molar refractivity (Wildman–Crippen MR) is 73.0 cm³/mol. The molecule has 0 aliphatic rings. The Morgan fingerprint density at radius 1 is 1.50 bits per heavy atom. The first-order chi connectivity index (χ1) is 8.67. The van der Waals surface area contributed by atoms with Crippen molar-refractivity contribution in [1.29, 1.82) is 0 Å². The van der Waals surface area contributed by atoms with Gasteiger partial charge in [0, 0.05) is 20.3 Å². The van der Waals surface area contributed by atoms with Crippen LogP contribution < -0.4 is 11.3 Å². The summed E-state index contributed by atoms with van der Waals surface area (Å²) in [5.74, 6) is 6.12. The average molecular weight is 254 g/mol. The first kappa shape index (κ1) is 15.1. The van der Waals surface area contributed by atoms with Gasteiger partial charge in [0.05, 0.1) is 17.4 Å². The normalized spacial score (nSPS) is 14.7. The highest BCUT2D eigenvalue weighted by molar-refractivity contribution is 5.15. The quantitative estimate of drug-likeness (QED) is 0.547. The Kier molecular flexibility index (Phi) is 6.32. The lowest BCUT2D eigenvalue weighted by Crippen LogP contribution is -2.34. The van der Waals surface area contributed by atoms with Crippen molar-refractivity contribution in [2.75, 3.05) is 13.7 Å². The van der Waals surface area contributed by atoms with Gasteiger partial charge < -0.3 is 4.74 Å². The molecule has 0 saturated heterocycles. The maximum absolute atomic E-state index is 5.72. The minimum Gasteiger partial charge on any atom is -0.385 e. The summed E-state index contributed by atoms with van der Waals surface area (Å²) in [5.41, 5.74) is 5.21. The molecule has 0 radical (unpaired) electrons. The second-order valence-corrected chi connectivity index (χ2v) is 4.63. The zero-order chi connectivity index (χ0) is 13.5. The van der Waals surface area contributed by atoms with Crippen molar-refractivity contribution in [3.63, 3.8) is 0 Å². The third-order valence-electron chi connectivity index (χ3n) is 3.37. The van der Waals surface area contributed by atoms with E-state index in [4.69, 9.17) is 10.6 Å². The van der Waals surface area contributed by atoms with Gasteiger partial charge in [0.25, 0.3) is 0 Å². The van der Waals surface area contributed by atoms with Gasteiger partial charge in [0.2, 0.25) is 0 Å². The van der Waals surface area contributed by atoms with Gasteiger partial charge in [-0.25, -0.2) is 0 Å². The second kappa shape index (κ2) is 7.51. The number of hydrogen-bond acceptors (Lipinski definition) is 4. The molecule has 0 aromatic carbocycles. The minimum absolute atomic E-state index is 0.118. The van der Waals surface area contributed by atoms with Crippen LogP contribution in [0.1, 0.15) is 44.6 Å². The van der Waals surface area contributed by atoms with Gasteiger partial charge in [-0.15, -0.1) is 0 Å². The van der Waals surface area contributed by atoms with Gasteiger partial charge in [0.15, 0.2) is 0 Å². The van der Waals surface area contributed by atoms with E-state index in [-0.39, 0.29) is 6.04 Å². The molecule has 0 aliphatic heterocycles. The molecule has 0 fully saturated rings. The number of ether oxygens (including phenoxy) is 1. The van der Waals surface area contributed by atoms with Gasteiger partial charge in [-0.3, -0.25) is 16.0 Å². The number of aromatic nitrogens is 2. The standard InChI is InChI=1S/C13H26N4O/c1-5-11-9-12(17(6-2)16-11)13(15-14)10(3)7-8-18-4/h9-10,13,15H,5-8,14H2,1-4H3. The molecule has 5 nitrogen and oxygen atoms in total.